The molecule has 29 heavy (non-hydrogen) atoms. The molecule has 1 amide bonds. The van der Waals surface area contributed by atoms with Crippen LogP contribution in [0.4, 0.5) is 0 Å². The van der Waals surface area contributed by atoms with Gasteiger partial charge in [0.2, 0.25) is 5.91 Å². The number of nitrogens with one attached hydrogen (secondary N) is 1. The zero-order chi connectivity index (χ0) is 20.5. The maximum atomic E-state index is 12.5. The van der Waals surface area contributed by atoms with Crippen molar-refractivity contribution < 1.29 is 4.79 Å². The highest BCUT2D eigenvalue weighted by Gasteiger charge is 2.17. The standard InChI is InChI=1S/C21H23N5O2S/c1-13(9-10-16-7-5-4-6-8-16)23-17(27)11-25-21(28)24-19-18-14(2)15(3)29-20(18)22-12-26(19)25/h4-8,12-13H,9-11H2,1-3H3,(H,23,27). The molecule has 150 valence electrons. The predicted octanol–water partition coefficient (Wildman–Crippen LogP) is 2.86. The normalized spacial score (nSPS) is 12.5. The molecule has 1 unspecified atom stereocenters. The van der Waals surface area contributed by atoms with Crippen molar-refractivity contribution in [3.8, 4) is 0 Å². The molecule has 1 aromatic carbocycles. The van der Waals surface area contributed by atoms with E-state index in [9.17, 15) is 9.59 Å². The van der Waals surface area contributed by atoms with Crippen molar-refractivity contribution in [3.63, 3.8) is 0 Å². The van der Waals surface area contributed by atoms with Crippen LogP contribution in [-0.4, -0.2) is 31.1 Å². The van der Waals surface area contributed by atoms with Crippen molar-refractivity contribution in [2.24, 2.45) is 0 Å². The maximum Gasteiger partial charge on any atom is 0.365 e. The second-order valence-corrected chi connectivity index (χ2v) is 8.52. The molecule has 3 heterocycles. The van der Waals surface area contributed by atoms with Gasteiger partial charge in [-0.15, -0.1) is 11.3 Å². The fourth-order valence-corrected chi connectivity index (χ4v) is 4.46. The SMILES string of the molecule is Cc1sc2ncn3c(nc(=O)n3CC(=O)NC(C)CCc3ccccc3)c2c1C. The third-order valence-electron chi connectivity index (χ3n) is 5.18. The van der Waals surface area contributed by atoms with E-state index in [0.717, 1.165) is 33.5 Å². The van der Waals surface area contributed by atoms with Crippen molar-refractivity contribution in [2.45, 2.75) is 46.2 Å². The Bertz CT molecular complexity index is 1240. The van der Waals surface area contributed by atoms with Gasteiger partial charge in [0, 0.05) is 10.9 Å². The lowest BCUT2D eigenvalue weighted by molar-refractivity contribution is -0.122. The maximum absolute atomic E-state index is 12.5. The van der Waals surface area contributed by atoms with Gasteiger partial charge in [0.1, 0.15) is 17.7 Å². The van der Waals surface area contributed by atoms with Gasteiger partial charge >= 0.3 is 5.69 Å². The molecule has 4 rings (SSSR count). The van der Waals surface area contributed by atoms with E-state index >= 15 is 0 Å². The lowest BCUT2D eigenvalue weighted by atomic mass is 10.1. The van der Waals surface area contributed by atoms with Crippen molar-refractivity contribution in [1.29, 1.82) is 0 Å². The number of aryl methyl sites for hydroxylation is 3. The average Bonchev–Trinajstić information content (AvgIpc) is 3.17. The van der Waals surface area contributed by atoms with Gasteiger partial charge in [-0.2, -0.15) is 4.98 Å². The monoisotopic (exact) mass is 409 g/mol. The molecule has 0 aliphatic rings. The number of hydrogen-bond donors (Lipinski definition) is 1. The van der Waals surface area contributed by atoms with Gasteiger partial charge in [0.15, 0.2) is 5.65 Å². The van der Waals surface area contributed by atoms with Crippen LogP contribution < -0.4 is 11.0 Å². The largest absolute Gasteiger partial charge is 0.365 e. The molecule has 1 N–H and O–H groups in total. The summed E-state index contributed by atoms with van der Waals surface area (Å²) < 4.78 is 2.91. The number of hydrogen-bond acceptors (Lipinski definition) is 5. The van der Waals surface area contributed by atoms with E-state index in [1.807, 2.05) is 39.0 Å². The molecule has 0 aliphatic heterocycles. The molecule has 8 heteroatoms. The van der Waals surface area contributed by atoms with Gasteiger partial charge in [0.25, 0.3) is 0 Å². The second kappa shape index (κ2) is 7.79. The Morgan fingerprint density at radius 3 is 2.76 bits per heavy atom. The van der Waals surface area contributed by atoms with E-state index in [4.69, 9.17) is 0 Å². The zero-order valence-corrected chi connectivity index (χ0v) is 17.5. The minimum absolute atomic E-state index is 0.00388. The highest BCUT2D eigenvalue weighted by molar-refractivity contribution is 7.18. The molecule has 4 aromatic rings. The topological polar surface area (TPSA) is 81.3 Å². The van der Waals surface area contributed by atoms with Gasteiger partial charge in [-0.25, -0.2) is 19.0 Å². The van der Waals surface area contributed by atoms with Crippen LogP contribution in [0.2, 0.25) is 0 Å². The molecule has 0 fully saturated rings. The molecular weight excluding hydrogens is 386 g/mol. The van der Waals surface area contributed by atoms with Gasteiger partial charge in [-0.05, 0) is 44.7 Å². The summed E-state index contributed by atoms with van der Waals surface area (Å²) in [6.45, 7) is 5.91. The van der Waals surface area contributed by atoms with Crippen LogP contribution in [0, 0.1) is 13.8 Å². The van der Waals surface area contributed by atoms with Crippen molar-refractivity contribution in [3.05, 3.63) is 63.1 Å². The molecule has 1 atom stereocenters. The Kier molecular flexibility index (Phi) is 5.19. The molecule has 0 radical (unpaired) electrons. The van der Waals surface area contributed by atoms with Gasteiger partial charge in [0.05, 0.1) is 5.39 Å². The fourth-order valence-electron chi connectivity index (χ4n) is 3.46. The number of rotatable bonds is 6. The summed E-state index contributed by atoms with van der Waals surface area (Å²) in [5.74, 6) is -0.215. The number of thiophene rings is 1. The lowest BCUT2D eigenvalue weighted by Gasteiger charge is -2.14. The fraction of sp³-hybridized carbons (Fsp3) is 0.333. The van der Waals surface area contributed by atoms with E-state index in [-0.39, 0.29) is 18.5 Å². The Labute approximate surface area is 172 Å². The van der Waals surface area contributed by atoms with Gasteiger partial charge in [-0.3, -0.25) is 4.79 Å². The molecule has 0 spiro atoms. The molecule has 0 bridgehead atoms. The number of nitrogens with zero attached hydrogens (tertiary/aromatic N) is 4. The number of carbonyl (C=O) groups is 1. The number of aromatic nitrogens is 4. The first-order valence-electron chi connectivity index (χ1n) is 9.61. The summed E-state index contributed by atoms with van der Waals surface area (Å²) in [5, 5.41) is 3.85. The summed E-state index contributed by atoms with van der Waals surface area (Å²) in [6.07, 6.45) is 3.28. The number of fused-ring (bicyclic) bond motifs is 3. The average molecular weight is 410 g/mol. The van der Waals surface area contributed by atoms with E-state index in [1.165, 1.54) is 10.2 Å². The van der Waals surface area contributed by atoms with E-state index in [2.05, 4.69) is 27.4 Å². The summed E-state index contributed by atoms with van der Waals surface area (Å²) in [5.41, 5.74) is 2.41. The first kappa shape index (κ1) is 19.3. The van der Waals surface area contributed by atoms with Crippen LogP contribution in [-0.2, 0) is 17.8 Å². The Hall–Kier alpha value is -3.00. The summed E-state index contributed by atoms with van der Waals surface area (Å²) in [7, 11) is 0. The minimum Gasteiger partial charge on any atom is -0.352 e. The molecular formula is C21H23N5O2S. The summed E-state index contributed by atoms with van der Waals surface area (Å²) in [6, 6.07) is 10.2. The van der Waals surface area contributed by atoms with Crippen molar-refractivity contribution in [2.75, 3.05) is 0 Å². The highest BCUT2D eigenvalue weighted by Crippen LogP contribution is 2.30. The summed E-state index contributed by atoms with van der Waals surface area (Å²) in [4.78, 5) is 35.6. The molecule has 0 saturated carbocycles. The molecule has 3 aromatic heterocycles. The highest BCUT2D eigenvalue weighted by atomic mass is 32.1. The summed E-state index contributed by atoms with van der Waals surface area (Å²) >= 11 is 1.58. The number of carbonyl (C=O) groups excluding carboxylic acids is 1. The van der Waals surface area contributed by atoms with Crippen LogP contribution in [0.25, 0.3) is 15.9 Å². The molecule has 0 saturated heterocycles. The first-order chi connectivity index (χ1) is 13.9. The minimum atomic E-state index is -0.449. The first-order valence-corrected chi connectivity index (χ1v) is 10.4. The quantitative estimate of drug-likeness (QED) is 0.531. The van der Waals surface area contributed by atoms with Crippen LogP contribution in [0.1, 0.15) is 29.3 Å². The Morgan fingerprint density at radius 1 is 1.24 bits per heavy atom. The van der Waals surface area contributed by atoms with E-state index in [0.29, 0.717) is 5.65 Å². The predicted molar refractivity (Wildman–Crippen MR) is 114 cm³/mol. The number of amides is 1. The van der Waals surface area contributed by atoms with Crippen LogP contribution in [0.15, 0.2) is 41.5 Å². The molecule has 0 aliphatic carbocycles. The van der Waals surface area contributed by atoms with Crippen LogP contribution in [0.3, 0.4) is 0 Å². The van der Waals surface area contributed by atoms with Gasteiger partial charge < -0.3 is 5.32 Å². The third kappa shape index (κ3) is 3.80. The Balaban J connectivity index is 1.50. The third-order valence-corrected chi connectivity index (χ3v) is 6.30. The van der Waals surface area contributed by atoms with Crippen LogP contribution >= 0.6 is 11.3 Å². The van der Waals surface area contributed by atoms with Crippen molar-refractivity contribution >= 4 is 33.1 Å². The number of benzene rings is 1. The smallest absolute Gasteiger partial charge is 0.352 e. The molecule has 7 nitrogen and oxygen atoms in total. The van der Waals surface area contributed by atoms with Gasteiger partial charge in [-0.1, -0.05) is 30.3 Å². The van der Waals surface area contributed by atoms with Crippen LogP contribution in [0.5, 0.6) is 0 Å². The Morgan fingerprint density at radius 2 is 2.00 bits per heavy atom. The van der Waals surface area contributed by atoms with E-state index < -0.39 is 5.69 Å². The van der Waals surface area contributed by atoms with Crippen molar-refractivity contribution in [1.82, 2.24) is 24.5 Å². The zero-order valence-electron chi connectivity index (χ0n) is 16.7. The lowest BCUT2D eigenvalue weighted by Crippen LogP contribution is -2.38. The second-order valence-electron chi connectivity index (χ2n) is 7.32. The van der Waals surface area contributed by atoms with E-state index in [1.54, 1.807) is 22.2 Å².